The first kappa shape index (κ1) is 29.1. The van der Waals surface area contributed by atoms with Gasteiger partial charge in [-0.1, -0.05) is 127 Å². The van der Waals surface area contributed by atoms with Crippen LogP contribution >= 0.6 is 0 Å². The van der Waals surface area contributed by atoms with Gasteiger partial charge in [-0.25, -0.2) is 4.98 Å². The first-order valence-corrected chi connectivity index (χ1v) is 18.0. The molecular weight excluding hydrogens is 635 g/mol. The molecule has 0 amide bonds. The van der Waals surface area contributed by atoms with E-state index >= 15 is 0 Å². The highest BCUT2D eigenvalue weighted by atomic mass is 16.3. The lowest BCUT2D eigenvalue weighted by atomic mass is 9.95. The van der Waals surface area contributed by atoms with Gasteiger partial charge < -0.3 is 13.9 Å². The summed E-state index contributed by atoms with van der Waals surface area (Å²) in [6.45, 7) is 2.22. The number of hydrogen-bond acceptors (Lipinski definition) is 3. The van der Waals surface area contributed by atoms with Crippen LogP contribution in [0.3, 0.4) is 0 Å². The number of allylic oxidation sites excluding steroid dienone is 2. The lowest BCUT2D eigenvalue weighted by Gasteiger charge is -2.29. The van der Waals surface area contributed by atoms with Crippen LogP contribution in [0.4, 0.5) is 11.4 Å². The largest absolute Gasteiger partial charge is 0.455 e. The Bertz CT molecular complexity index is 2950. The van der Waals surface area contributed by atoms with Gasteiger partial charge >= 0.3 is 0 Å². The number of benzene rings is 6. The molecule has 0 spiro atoms. The van der Waals surface area contributed by atoms with Gasteiger partial charge in [-0.3, -0.25) is 0 Å². The van der Waals surface area contributed by atoms with E-state index in [1.165, 1.54) is 44.3 Å². The number of nitrogens with zero attached hydrogens (tertiary/aromatic N) is 3. The molecule has 0 saturated carbocycles. The van der Waals surface area contributed by atoms with Crippen molar-refractivity contribution in [3.8, 4) is 28.2 Å². The van der Waals surface area contributed by atoms with E-state index < -0.39 is 0 Å². The zero-order chi connectivity index (χ0) is 34.3. The van der Waals surface area contributed by atoms with Crippen LogP contribution in [-0.2, 0) is 0 Å². The topological polar surface area (TPSA) is 34.2 Å². The zero-order valence-electron chi connectivity index (χ0n) is 28.6. The fourth-order valence-corrected chi connectivity index (χ4v) is 8.74. The molecule has 11 rings (SSSR count). The predicted molar refractivity (Wildman–Crippen MR) is 216 cm³/mol. The summed E-state index contributed by atoms with van der Waals surface area (Å²) in [6, 6.07) is 52.2. The third kappa shape index (κ3) is 4.12. The van der Waals surface area contributed by atoms with Crippen LogP contribution in [0.15, 0.2) is 168 Å². The number of pyridine rings is 1. The molecule has 6 aromatic carbocycles. The van der Waals surface area contributed by atoms with Gasteiger partial charge in [0.1, 0.15) is 11.2 Å². The van der Waals surface area contributed by atoms with Crippen molar-refractivity contribution in [3.63, 3.8) is 0 Å². The quantitative estimate of drug-likeness (QED) is 0.187. The molecule has 4 heteroatoms. The summed E-state index contributed by atoms with van der Waals surface area (Å²) >= 11 is 0. The van der Waals surface area contributed by atoms with Crippen LogP contribution in [0.5, 0.6) is 0 Å². The van der Waals surface area contributed by atoms with E-state index in [0.29, 0.717) is 0 Å². The fourth-order valence-electron chi connectivity index (χ4n) is 8.74. The molecule has 0 saturated heterocycles. The lowest BCUT2D eigenvalue weighted by molar-refractivity contribution is 0.670. The molecule has 1 atom stereocenters. The third-order valence-corrected chi connectivity index (χ3v) is 11.1. The summed E-state index contributed by atoms with van der Waals surface area (Å²) in [6.07, 6.45) is 7.78. The molecule has 1 unspecified atom stereocenters. The average molecular weight is 668 g/mol. The molecule has 1 aliphatic heterocycles. The van der Waals surface area contributed by atoms with Crippen molar-refractivity contribution in [1.82, 2.24) is 9.55 Å². The summed E-state index contributed by atoms with van der Waals surface area (Å²) in [5.41, 5.74) is 15.3. The summed E-state index contributed by atoms with van der Waals surface area (Å²) in [4.78, 5) is 8.03. The molecular formula is C48H33N3O. The van der Waals surface area contributed by atoms with Gasteiger partial charge in [0.15, 0.2) is 0 Å². The average Bonchev–Trinajstić information content (AvgIpc) is 3.87. The maximum atomic E-state index is 6.60. The molecule has 4 nitrogen and oxygen atoms in total. The summed E-state index contributed by atoms with van der Waals surface area (Å²) < 4.78 is 9.11. The van der Waals surface area contributed by atoms with Crippen molar-refractivity contribution in [2.75, 3.05) is 4.90 Å². The molecule has 9 aromatic rings. The van der Waals surface area contributed by atoms with E-state index in [1.807, 2.05) is 12.1 Å². The van der Waals surface area contributed by atoms with Gasteiger partial charge in [0.05, 0.1) is 39.8 Å². The monoisotopic (exact) mass is 667 g/mol. The van der Waals surface area contributed by atoms with Crippen LogP contribution in [0.2, 0.25) is 0 Å². The first-order chi connectivity index (χ1) is 25.7. The van der Waals surface area contributed by atoms with Crippen LogP contribution in [0.25, 0.3) is 77.5 Å². The maximum Gasteiger partial charge on any atom is 0.144 e. The normalized spacial score (nSPS) is 15.1. The number of furan rings is 1. The molecule has 3 aromatic heterocycles. The van der Waals surface area contributed by atoms with Crippen molar-refractivity contribution < 1.29 is 4.42 Å². The van der Waals surface area contributed by atoms with E-state index in [1.54, 1.807) is 0 Å². The van der Waals surface area contributed by atoms with Gasteiger partial charge in [-0.05, 0) is 60.9 Å². The Kier molecular flexibility index (Phi) is 6.26. The van der Waals surface area contributed by atoms with Crippen molar-refractivity contribution in [2.45, 2.75) is 19.4 Å². The van der Waals surface area contributed by atoms with Gasteiger partial charge in [0.2, 0.25) is 0 Å². The minimum Gasteiger partial charge on any atom is -0.455 e. The number of fused-ring (bicyclic) bond motifs is 10. The van der Waals surface area contributed by atoms with Gasteiger partial charge in [0.25, 0.3) is 0 Å². The number of aromatic nitrogens is 2. The predicted octanol–water partition coefficient (Wildman–Crippen LogP) is 12.6. The second-order valence-electron chi connectivity index (χ2n) is 13.9. The lowest BCUT2D eigenvalue weighted by Crippen LogP contribution is -2.27. The minimum absolute atomic E-state index is 0.221. The Balaban J connectivity index is 1.28. The van der Waals surface area contributed by atoms with E-state index in [0.717, 1.165) is 62.1 Å². The van der Waals surface area contributed by atoms with Gasteiger partial charge in [-0.15, -0.1) is 0 Å². The summed E-state index contributed by atoms with van der Waals surface area (Å²) in [5.74, 6) is 0. The first-order valence-electron chi connectivity index (χ1n) is 18.0. The van der Waals surface area contributed by atoms with Gasteiger partial charge in [0, 0.05) is 43.9 Å². The highest BCUT2D eigenvalue weighted by molar-refractivity contribution is 6.18. The SMILES string of the molecule is Cc1c(-n2c3ccccc3c3ccc4c(c32)N(c2ccccc2)C2CC=CC=C42)cc(-c2cccc3c2oc2ccccc23)nc1-c1ccccc1. The maximum absolute atomic E-state index is 6.60. The molecule has 0 bridgehead atoms. The Hall–Kier alpha value is -6.65. The molecule has 0 fully saturated rings. The van der Waals surface area contributed by atoms with E-state index in [9.17, 15) is 0 Å². The van der Waals surface area contributed by atoms with Crippen LogP contribution in [-0.4, -0.2) is 15.6 Å². The van der Waals surface area contributed by atoms with Crippen LogP contribution in [0.1, 0.15) is 17.5 Å². The van der Waals surface area contributed by atoms with Crippen molar-refractivity contribution in [1.29, 1.82) is 0 Å². The summed E-state index contributed by atoms with van der Waals surface area (Å²) in [7, 11) is 0. The standard InChI is InChI=1S/C48H33N3O/c1-30-43(29-40(49-45(30)31-15-4-2-5-16-31)39-23-14-22-38-35-21-10-13-26-44(35)52-48(38)39)51-42-25-12-9-20-34(42)37-28-27-36-33-19-8-11-24-41(33)50(46(36)47(37)51)32-17-6-3-7-18-32/h2-23,25-29,41H,24H2,1H3. The highest BCUT2D eigenvalue weighted by Crippen LogP contribution is 2.53. The van der Waals surface area contributed by atoms with Crippen LogP contribution < -0.4 is 4.90 Å². The number of anilines is 2. The molecule has 52 heavy (non-hydrogen) atoms. The van der Waals surface area contributed by atoms with Crippen molar-refractivity contribution in [2.24, 2.45) is 0 Å². The Morgan fingerprint density at radius 3 is 2.29 bits per heavy atom. The van der Waals surface area contributed by atoms with Crippen molar-refractivity contribution in [3.05, 3.63) is 175 Å². The second kappa shape index (κ2) is 11.2. The Morgan fingerprint density at radius 2 is 1.42 bits per heavy atom. The second-order valence-corrected chi connectivity index (χ2v) is 13.9. The summed E-state index contributed by atoms with van der Waals surface area (Å²) in [5, 5.41) is 4.67. The number of rotatable bonds is 4. The Labute approximate surface area is 301 Å². The van der Waals surface area contributed by atoms with E-state index in [-0.39, 0.29) is 6.04 Å². The Morgan fingerprint density at radius 1 is 0.673 bits per heavy atom. The highest BCUT2D eigenvalue weighted by Gasteiger charge is 2.38. The van der Waals surface area contributed by atoms with E-state index in [4.69, 9.17) is 9.40 Å². The van der Waals surface area contributed by atoms with Gasteiger partial charge in [-0.2, -0.15) is 0 Å². The number of hydrogen-bond donors (Lipinski definition) is 0. The van der Waals surface area contributed by atoms with Crippen LogP contribution in [0, 0.1) is 6.92 Å². The zero-order valence-corrected chi connectivity index (χ0v) is 28.6. The molecule has 0 N–H and O–H groups in total. The van der Waals surface area contributed by atoms with Crippen molar-refractivity contribution >= 4 is 60.7 Å². The van der Waals surface area contributed by atoms with E-state index in [2.05, 4.69) is 168 Å². The smallest absolute Gasteiger partial charge is 0.144 e. The minimum atomic E-state index is 0.221. The number of para-hydroxylation sites is 4. The molecule has 4 heterocycles. The molecule has 246 valence electrons. The third-order valence-electron chi connectivity index (χ3n) is 11.1. The molecule has 1 aliphatic carbocycles. The molecule has 2 aliphatic rings. The fraction of sp³-hybridized carbons (Fsp3) is 0.0625. The molecule has 0 radical (unpaired) electrons.